The fourth-order valence-electron chi connectivity index (χ4n) is 2.73. The van der Waals surface area contributed by atoms with Crippen molar-refractivity contribution in [2.75, 3.05) is 0 Å². The molecule has 2 rings (SSSR count). The van der Waals surface area contributed by atoms with Gasteiger partial charge in [0.15, 0.2) is 0 Å². The first-order valence-electron chi connectivity index (χ1n) is 8.18. The topological polar surface area (TPSA) is 29.5 Å². The van der Waals surface area contributed by atoms with E-state index >= 15 is 0 Å². The molecule has 1 aliphatic carbocycles. The third-order valence-electron chi connectivity index (χ3n) is 5.22. The van der Waals surface area contributed by atoms with Crippen LogP contribution in [0.3, 0.4) is 0 Å². The van der Waals surface area contributed by atoms with Crippen LogP contribution in [0.15, 0.2) is 24.3 Å². The van der Waals surface area contributed by atoms with Gasteiger partial charge in [-0.15, -0.1) is 0 Å². The minimum absolute atomic E-state index is 0.175. The van der Waals surface area contributed by atoms with Gasteiger partial charge in [0, 0.05) is 5.92 Å². The van der Waals surface area contributed by atoms with E-state index in [1.165, 1.54) is 12.0 Å². The lowest BCUT2D eigenvalue weighted by atomic mass is 9.82. The highest BCUT2D eigenvalue weighted by atomic mass is 28.4. The summed E-state index contributed by atoms with van der Waals surface area (Å²) in [5.41, 5.74) is 1.25. The Kier molecular flexibility index (Phi) is 4.84. The predicted octanol–water partition coefficient (Wildman–Crippen LogP) is 5.09. The maximum Gasteiger partial charge on any atom is 0.250 e. The van der Waals surface area contributed by atoms with Crippen LogP contribution in [0.25, 0.3) is 0 Å². The molecule has 0 amide bonds. The second kappa shape index (κ2) is 6.13. The van der Waals surface area contributed by atoms with Gasteiger partial charge in [-0.1, -0.05) is 45.7 Å². The molecule has 1 aliphatic rings. The van der Waals surface area contributed by atoms with Crippen LogP contribution in [0.1, 0.15) is 57.9 Å². The summed E-state index contributed by atoms with van der Waals surface area (Å²) < 4.78 is 6.31. The molecule has 1 aromatic carbocycles. The van der Waals surface area contributed by atoms with Crippen molar-refractivity contribution in [2.24, 2.45) is 0 Å². The first kappa shape index (κ1) is 16.6. The van der Waals surface area contributed by atoms with Gasteiger partial charge in [-0.25, -0.2) is 0 Å². The standard InChI is InChI=1S/C18H30O2Si/c1-18(2,3)21(4,5)20-15-12-10-14(11-13-15)16-8-6-7-9-17(16)19/h10-13,16-17,19H,6-9H2,1-5H3/t16-,17+/m0/s1. The monoisotopic (exact) mass is 306 g/mol. The molecule has 2 nitrogen and oxygen atoms in total. The Morgan fingerprint density at radius 1 is 1.05 bits per heavy atom. The van der Waals surface area contributed by atoms with E-state index in [4.69, 9.17) is 4.43 Å². The van der Waals surface area contributed by atoms with Crippen LogP contribution in [-0.4, -0.2) is 19.5 Å². The van der Waals surface area contributed by atoms with Crippen molar-refractivity contribution < 1.29 is 9.53 Å². The van der Waals surface area contributed by atoms with Crippen molar-refractivity contribution in [2.45, 2.75) is 76.6 Å². The minimum atomic E-state index is -1.77. The SMILES string of the molecule is CC(C)(C)[Si](C)(C)Oc1ccc([C@@H]2CCCC[C@H]2O)cc1. The lowest BCUT2D eigenvalue weighted by molar-refractivity contribution is 0.106. The highest BCUT2D eigenvalue weighted by molar-refractivity contribution is 6.74. The van der Waals surface area contributed by atoms with E-state index in [0.717, 1.165) is 25.0 Å². The maximum atomic E-state index is 10.2. The molecular weight excluding hydrogens is 276 g/mol. The molecule has 0 bridgehead atoms. The second-order valence-corrected chi connectivity index (χ2v) is 12.6. The molecule has 0 heterocycles. The van der Waals surface area contributed by atoms with Crippen LogP contribution >= 0.6 is 0 Å². The van der Waals surface area contributed by atoms with Gasteiger partial charge in [0.05, 0.1) is 6.10 Å². The highest BCUT2D eigenvalue weighted by Crippen LogP contribution is 2.38. The average Bonchev–Trinajstić information content (AvgIpc) is 2.39. The lowest BCUT2D eigenvalue weighted by Gasteiger charge is -2.36. The predicted molar refractivity (Wildman–Crippen MR) is 91.5 cm³/mol. The zero-order valence-electron chi connectivity index (χ0n) is 14.1. The molecule has 2 atom stereocenters. The van der Waals surface area contributed by atoms with Gasteiger partial charge in [-0.2, -0.15) is 0 Å². The van der Waals surface area contributed by atoms with E-state index in [-0.39, 0.29) is 11.1 Å². The molecule has 0 aliphatic heterocycles. The van der Waals surface area contributed by atoms with Gasteiger partial charge in [0.2, 0.25) is 8.32 Å². The van der Waals surface area contributed by atoms with Gasteiger partial charge in [-0.3, -0.25) is 0 Å². The molecule has 1 N–H and O–H groups in total. The molecule has 0 radical (unpaired) electrons. The van der Waals surface area contributed by atoms with E-state index in [1.54, 1.807) is 0 Å². The molecule has 0 aromatic heterocycles. The Morgan fingerprint density at radius 2 is 1.62 bits per heavy atom. The molecule has 1 fully saturated rings. The Morgan fingerprint density at radius 3 is 2.14 bits per heavy atom. The Labute approximate surface area is 130 Å². The van der Waals surface area contributed by atoms with Crippen molar-refractivity contribution in [1.29, 1.82) is 0 Å². The molecule has 0 saturated heterocycles. The van der Waals surface area contributed by atoms with Crippen molar-refractivity contribution in [1.82, 2.24) is 0 Å². The summed E-state index contributed by atoms with van der Waals surface area (Å²) in [6, 6.07) is 8.44. The van der Waals surface area contributed by atoms with Gasteiger partial charge in [0.1, 0.15) is 5.75 Å². The van der Waals surface area contributed by atoms with Crippen LogP contribution < -0.4 is 4.43 Å². The first-order chi connectivity index (χ1) is 9.71. The molecule has 0 unspecified atom stereocenters. The van der Waals surface area contributed by atoms with Crippen LogP contribution in [0.5, 0.6) is 5.75 Å². The van der Waals surface area contributed by atoms with Gasteiger partial charge in [0.25, 0.3) is 0 Å². The fraction of sp³-hybridized carbons (Fsp3) is 0.667. The van der Waals surface area contributed by atoms with E-state index in [2.05, 4.69) is 58.1 Å². The van der Waals surface area contributed by atoms with E-state index < -0.39 is 8.32 Å². The maximum absolute atomic E-state index is 10.2. The van der Waals surface area contributed by atoms with Crippen molar-refractivity contribution >= 4 is 8.32 Å². The fourth-order valence-corrected chi connectivity index (χ4v) is 3.76. The van der Waals surface area contributed by atoms with Gasteiger partial charge in [-0.05, 0) is 48.7 Å². The molecular formula is C18H30O2Si. The quantitative estimate of drug-likeness (QED) is 0.788. The van der Waals surface area contributed by atoms with E-state index in [0.29, 0.717) is 5.92 Å². The first-order valence-corrected chi connectivity index (χ1v) is 11.1. The zero-order chi connectivity index (χ0) is 15.7. The molecule has 21 heavy (non-hydrogen) atoms. The zero-order valence-corrected chi connectivity index (χ0v) is 15.1. The number of hydrogen-bond donors (Lipinski definition) is 1. The van der Waals surface area contributed by atoms with Crippen LogP contribution in [0, 0.1) is 0 Å². The van der Waals surface area contributed by atoms with Crippen LogP contribution in [0.2, 0.25) is 18.1 Å². The summed E-state index contributed by atoms with van der Waals surface area (Å²) in [6.45, 7) is 11.3. The number of aliphatic hydroxyl groups excluding tert-OH is 1. The highest BCUT2D eigenvalue weighted by Gasteiger charge is 2.39. The van der Waals surface area contributed by atoms with Gasteiger partial charge < -0.3 is 9.53 Å². The molecule has 118 valence electrons. The lowest BCUT2D eigenvalue weighted by Crippen LogP contribution is -2.43. The third kappa shape index (κ3) is 3.89. The number of hydrogen-bond acceptors (Lipinski definition) is 2. The molecule has 0 spiro atoms. The number of aliphatic hydroxyl groups is 1. The van der Waals surface area contributed by atoms with Crippen molar-refractivity contribution in [3.05, 3.63) is 29.8 Å². The van der Waals surface area contributed by atoms with Crippen molar-refractivity contribution in [3.63, 3.8) is 0 Å². The van der Waals surface area contributed by atoms with E-state index in [1.807, 2.05) is 0 Å². The average molecular weight is 307 g/mol. The summed E-state index contributed by atoms with van der Waals surface area (Å²) >= 11 is 0. The summed E-state index contributed by atoms with van der Waals surface area (Å²) in [4.78, 5) is 0. The Hall–Kier alpha value is -0.803. The van der Waals surface area contributed by atoms with Crippen LogP contribution in [-0.2, 0) is 0 Å². The number of benzene rings is 1. The summed E-state index contributed by atoms with van der Waals surface area (Å²) in [6.07, 6.45) is 4.25. The third-order valence-corrected chi connectivity index (χ3v) is 9.58. The second-order valence-electron chi connectivity index (χ2n) is 7.89. The summed E-state index contributed by atoms with van der Waals surface area (Å²) in [7, 11) is -1.77. The normalized spacial score (nSPS) is 23.9. The largest absolute Gasteiger partial charge is 0.544 e. The van der Waals surface area contributed by atoms with E-state index in [9.17, 15) is 5.11 Å². The van der Waals surface area contributed by atoms with Gasteiger partial charge >= 0.3 is 0 Å². The summed E-state index contributed by atoms with van der Waals surface area (Å²) in [5, 5.41) is 10.4. The smallest absolute Gasteiger partial charge is 0.250 e. The Balaban J connectivity index is 2.09. The number of rotatable bonds is 3. The minimum Gasteiger partial charge on any atom is -0.544 e. The molecule has 3 heteroatoms. The Bertz CT molecular complexity index is 459. The van der Waals surface area contributed by atoms with Crippen molar-refractivity contribution in [3.8, 4) is 5.75 Å². The molecule has 1 saturated carbocycles. The van der Waals surface area contributed by atoms with Crippen LogP contribution in [0.4, 0.5) is 0 Å². The summed E-state index contributed by atoms with van der Waals surface area (Å²) in [5.74, 6) is 1.27. The molecule has 1 aromatic rings.